The summed E-state index contributed by atoms with van der Waals surface area (Å²) in [6.07, 6.45) is 2.74. The maximum Gasteiger partial charge on any atom is 0.122 e. The van der Waals surface area contributed by atoms with Crippen molar-refractivity contribution in [2.75, 3.05) is 13.7 Å². The van der Waals surface area contributed by atoms with Crippen molar-refractivity contribution >= 4 is 0 Å². The minimum absolute atomic E-state index is 0.199. The number of benzene rings is 2. The zero-order chi connectivity index (χ0) is 17.5. The number of methoxy groups -OCH3 is 1. The lowest BCUT2D eigenvalue weighted by atomic mass is 9.92. The number of nitrogens with two attached hydrogens (primary N) is 1. The molecule has 2 N–H and O–H groups in total. The minimum atomic E-state index is 0.199. The highest BCUT2D eigenvalue weighted by atomic mass is 16.5. The smallest absolute Gasteiger partial charge is 0.122 e. The summed E-state index contributed by atoms with van der Waals surface area (Å²) >= 11 is 0. The maximum atomic E-state index is 5.72. The van der Waals surface area contributed by atoms with Crippen LogP contribution < -0.4 is 10.1 Å². The molecule has 0 unspecified atom stereocenters. The Kier molecular flexibility index (Phi) is 5.91. The van der Waals surface area contributed by atoms with Crippen LogP contribution in [0.25, 0.3) is 0 Å². The first-order valence-electron chi connectivity index (χ1n) is 8.84. The summed E-state index contributed by atoms with van der Waals surface area (Å²) in [5.41, 5.74) is 2.54. The fourth-order valence-electron chi connectivity index (χ4n) is 3.30. The van der Waals surface area contributed by atoms with Crippen LogP contribution in [0, 0.1) is 0 Å². The molecular formula is C22H26NO2+. The van der Waals surface area contributed by atoms with Crippen LogP contribution in [0.15, 0.2) is 77.4 Å². The van der Waals surface area contributed by atoms with Gasteiger partial charge in [-0.3, -0.25) is 0 Å². The largest absolute Gasteiger partial charge is 0.496 e. The van der Waals surface area contributed by atoms with Crippen molar-refractivity contribution < 1.29 is 14.5 Å². The standard InChI is InChI=1S/C22H25NO2/c1-17(18-9-4-3-5-10-18)23-15-14-20(22-13-8-16-25-22)19-11-6-7-12-21(19)24-2/h3-13,16-17,20,23H,14-15H2,1-2H3/p+1/t17-,20+/m0/s1. The van der Waals surface area contributed by atoms with Gasteiger partial charge < -0.3 is 14.5 Å². The van der Waals surface area contributed by atoms with Gasteiger partial charge in [0.15, 0.2) is 0 Å². The van der Waals surface area contributed by atoms with E-state index in [1.807, 2.05) is 18.2 Å². The first-order chi connectivity index (χ1) is 12.3. The molecule has 0 saturated carbocycles. The van der Waals surface area contributed by atoms with E-state index in [4.69, 9.17) is 9.15 Å². The van der Waals surface area contributed by atoms with Gasteiger partial charge in [-0.2, -0.15) is 0 Å². The SMILES string of the molecule is COc1ccccc1[C@@H](CC[NH2+][C@@H](C)c1ccccc1)c1ccco1. The summed E-state index contributed by atoms with van der Waals surface area (Å²) in [5, 5.41) is 2.39. The number of hydrogen-bond donors (Lipinski definition) is 1. The zero-order valence-corrected chi connectivity index (χ0v) is 14.9. The number of rotatable bonds is 8. The Bertz CT molecular complexity index is 753. The molecule has 25 heavy (non-hydrogen) atoms. The third-order valence-corrected chi connectivity index (χ3v) is 4.70. The molecule has 0 aliphatic rings. The van der Waals surface area contributed by atoms with Gasteiger partial charge in [-0.25, -0.2) is 0 Å². The lowest BCUT2D eigenvalue weighted by Gasteiger charge is -2.19. The highest BCUT2D eigenvalue weighted by Gasteiger charge is 2.21. The van der Waals surface area contributed by atoms with Crippen LogP contribution in [-0.4, -0.2) is 13.7 Å². The van der Waals surface area contributed by atoms with Crippen molar-refractivity contribution in [1.82, 2.24) is 0 Å². The molecule has 2 atom stereocenters. The van der Waals surface area contributed by atoms with Gasteiger partial charge in [0.1, 0.15) is 17.6 Å². The van der Waals surface area contributed by atoms with E-state index in [0.717, 1.165) is 24.5 Å². The number of para-hydroxylation sites is 1. The van der Waals surface area contributed by atoms with Gasteiger partial charge in [0, 0.05) is 17.5 Å². The molecule has 0 saturated heterocycles. The molecule has 0 fully saturated rings. The molecule has 0 radical (unpaired) electrons. The minimum Gasteiger partial charge on any atom is -0.496 e. The molecule has 0 aliphatic heterocycles. The van der Waals surface area contributed by atoms with Gasteiger partial charge in [-0.15, -0.1) is 0 Å². The van der Waals surface area contributed by atoms with Crippen LogP contribution in [0.1, 0.15) is 42.2 Å². The van der Waals surface area contributed by atoms with Crippen molar-refractivity contribution in [3.63, 3.8) is 0 Å². The summed E-state index contributed by atoms with van der Waals surface area (Å²) in [6, 6.07) is 23.3. The van der Waals surface area contributed by atoms with Crippen LogP contribution in [0.5, 0.6) is 5.75 Å². The van der Waals surface area contributed by atoms with Gasteiger partial charge in [0.05, 0.1) is 25.8 Å². The summed E-state index contributed by atoms with van der Waals surface area (Å²) in [6.45, 7) is 3.26. The summed E-state index contributed by atoms with van der Waals surface area (Å²) < 4.78 is 11.3. The van der Waals surface area contributed by atoms with E-state index in [9.17, 15) is 0 Å². The molecule has 3 nitrogen and oxygen atoms in total. The number of hydrogen-bond acceptors (Lipinski definition) is 2. The normalized spacial score (nSPS) is 13.4. The lowest BCUT2D eigenvalue weighted by Crippen LogP contribution is -2.84. The van der Waals surface area contributed by atoms with Crippen molar-refractivity contribution in [3.05, 3.63) is 89.9 Å². The monoisotopic (exact) mass is 336 g/mol. The van der Waals surface area contributed by atoms with Gasteiger partial charge in [0.25, 0.3) is 0 Å². The Morgan fingerprint density at radius 1 is 0.960 bits per heavy atom. The summed E-state index contributed by atoms with van der Waals surface area (Å²) in [4.78, 5) is 0. The van der Waals surface area contributed by atoms with Gasteiger partial charge in [-0.05, 0) is 25.1 Å². The number of quaternary nitrogens is 1. The zero-order valence-electron chi connectivity index (χ0n) is 14.9. The summed E-state index contributed by atoms with van der Waals surface area (Å²) in [7, 11) is 1.72. The van der Waals surface area contributed by atoms with Gasteiger partial charge in [-0.1, -0.05) is 48.5 Å². The molecule has 0 aliphatic carbocycles. The maximum absolute atomic E-state index is 5.72. The Labute approximate surface area is 149 Å². The molecule has 1 heterocycles. The molecule has 0 bridgehead atoms. The van der Waals surface area contributed by atoms with Crippen molar-refractivity contribution in [2.24, 2.45) is 0 Å². The quantitative estimate of drug-likeness (QED) is 0.671. The van der Waals surface area contributed by atoms with E-state index in [-0.39, 0.29) is 5.92 Å². The second kappa shape index (κ2) is 8.54. The first-order valence-corrected chi connectivity index (χ1v) is 8.84. The van der Waals surface area contributed by atoms with E-state index in [1.165, 1.54) is 11.1 Å². The average molecular weight is 336 g/mol. The van der Waals surface area contributed by atoms with Crippen molar-refractivity contribution in [1.29, 1.82) is 0 Å². The molecule has 1 aromatic heterocycles. The van der Waals surface area contributed by atoms with Gasteiger partial charge in [0.2, 0.25) is 0 Å². The molecular weight excluding hydrogens is 310 g/mol. The second-order valence-electron chi connectivity index (χ2n) is 6.32. The van der Waals surface area contributed by atoms with Crippen LogP contribution in [-0.2, 0) is 0 Å². The Hall–Kier alpha value is -2.52. The first kappa shape index (κ1) is 17.3. The van der Waals surface area contributed by atoms with E-state index >= 15 is 0 Å². The van der Waals surface area contributed by atoms with Crippen LogP contribution in [0.2, 0.25) is 0 Å². The third-order valence-electron chi connectivity index (χ3n) is 4.70. The van der Waals surface area contributed by atoms with E-state index in [0.29, 0.717) is 6.04 Å². The summed E-state index contributed by atoms with van der Waals surface area (Å²) in [5.74, 6) is 2.11. The Balaban J connectivity index is 1.71. The molecule has 3 aromatic rings. The van der Waals surface area contributed by atoms with E-state index in [1.54, 1.807) is 13.4 Å². The molecule has 0 spiro atoms. The van der Waals surface area contributed by atoms with E-state index in [2.05, 4.69) is 60.8 Å². The van der Waals surface area contributed by atoms with Crippen molar-refractivity contribution in [3.8, 4) is 5.75 Å². The molecule has 3 heteroatoms. The van der Waals surface area contributed by atoms with E-state index < -0.39 is 0 Å². The third kappa shape index (κ3) is 4.31. The predicted molar refractivity (Wildman–Crippen MR) is 99.8 cm³/mol. The number of ether oxygens (including phenoxy) is 1. The van der Waals surface area contributed by atoms with Crippen LogP contribution in [0.3, 0.4) is 0 Å². The molecule has 2 aromatic carbocycles. The predicted octanol–water partition coefficient (Wildman–Crippen LogP) is 4.13. The lowest BCUT2D eigenvalue weighted by molar-refractivity contribution is -0.693. The topological polar surface area (TPSA) is 39.0 Å². The van der Waals surface area contributed by atoms with Crippen LogP contribution >= 0.6 is 0 Å². The highest BCUT2D eigenvalue weighted by Crippen LogP contribution is 2.34. The van der Waals surface area contributed by atoms with Gasteiger partial charge >= 0.3 is 0 Å². The Morgan fingerprint density at radius 3 is 2.44 bits per heavy atom. The fraction of sp³-hybridized carbons (Fsp3) is 0.273. The molecule has 3 rings (SSSR count). The van der Waals surface area contributed by atoms with Crippen molar-refractivity contribution in [2.45, 2.75) is 25.3 Å². The highest BCUT2D eigenvalue weighted by molar-refractivity contribution is 5.39. The number of furan rings is 1. The second-order valence-corrected chi connectivity index (χ2v) is 6.32. The van der Waals surface area contributed by atoms with Crippen LogP contribution in [0.4, 0.5) is 0 Å². The molecule has 0 amide bonds. The average Bonchev–Trinajstić information content (AvgIpc) is 3.20. The molecule has 130 valence electrons. The Morgan fingerprint density at radius 2 is 1.72 bits per heavy atom. The fourth-order valence-corrected chi connectivity index (χ4v) is 3.30.